The molecule has 0 unspecified atom stereocenters. The fourth-order valence-corrected chi connectivity index (χ4v) is 5.58. The molecule has 0 saturated heterocycles. The van der Waals surface area contributed by atoms with E-state index in [-0.39, 0.29) is 22.9 Å². The fraction of sp³-hybridized carbons (Fsp3) is 0.231. The Balaban J connectivity index is 1.48. The van der Waals surface area contributed by atoms with E-state index in [0.29, 0.717) is 46.0 Å². The van der Waals surface area contributed by atoms with Crippen LogP contribution in [0.25, 0.3) is 10.6 Å². The highest BCUT2D eigenvalue weighted by Gasteiger charge is 2.40. The molecule has 38 heavy (non-hydrogen) atoms. The molecule has 1 aromatic carbocycles. The van der Waals surface area contributed by atoms with Crippen molar-refractivity contribution in [1.29, 1.82) is 0 Å². The lowest BCUT2D eigenvalue weighted by Gasteiger charge is -2.33. The Morgan fingerprint density at radius 2 is 1.92 bits per heavy atom. The van der Waals surface area contributed by atoms with Crippen molar-refractivity contribution in [2.75, 3.05) is 5.32 Å². The number of fused-ring (bicyclic) bond motifs is 1. The number of aromatic nitrogens is 3. The predicted molar refractivity (Wildman–Crippen MR) is 134 cm³/mol. The van der Waals surface area contributed by atoms with Crippen molar-refractivity contribution in [1.82, 2.24) is 15.0 Å². The van der Waals surface area contributed by atoms with Crippen LogP contribution >= 0.6 is 11.3 Å². The first-order valence-corrected chi connectivity index (χ1v) is 12.3. The van der Waals surface area contributed by atoms with E-state index in [1.807, 2.05) is 6.92 Å². The minimum absolute atomic E-state index is 0.0115. The van der Waals surface area contributed by atoms with Gasteiger partial charge in [0.1, 0.15) is 33.6 Å². The number of pyridine rings is 2. The highest BCUT2D eigenvalue weighted by atomic mass is 32.1. The monoisotopic (exact) mass is 542 g/mol. The van der Waals surface area contributed by atoms with Gasteiger partial charge in [0.2, 0.25) is 0 Å². The molecule has 4 N–H and O–H groups in total. The number of carboxylic acids is 1. The van der Waals surface area contributed by atoms with Crippen LogP contribution in [0.5, 0.6) is 5.75 Å². The second-order valence-corrected chi connectivity index (χ2v) is 10.0. The molecule has 12 heteroatoms. The first-order valence-electron chi connectivity index (χ1n) is 11.5. The molecule has 1 atom stereocenters. The summed E-state index contributed by atoms with van der Waals surface area (Å²) in [5.74, 6) is -1.34. The van der Waals surface area contributed by atoms with Gasteiger partial charge in [0.15, 0.2) is 0 Å². The van der Waals surface area contributed by atoms with E-state index in [2.05, 4.69) is 20.3 Å². The topological polar surface area (TPSA) is 128 Å². The Morgan fingerprint density at radius 3 is 2.66 bits per heavy atom. The van der Waals surface area contributed by atoms with Crippen LogP contribution in [0.3, 0.4) is 0 Å². The van der Waals surface area contributed by atoms with Crippen molar-refractivity contribution in [3.05, 3.63) is 81.6 Å². The van der Waals surface area contributed by atoms with Crippen LogP contribution in [0.4, 0.5) is 24.8 Å². The average molecular weight is 543 g/mol. The van der Waals surface area contributed by atoms with Crippen LogP contribution in [-0.2, 0) is 18.2 Å². The maximum absolute atomic E-state index is 13.1. The zero-order chi connectivity index (χ0) is 27.2. The number of carboxylic acid groups (broad SMARTS) is 1. The minimum Gasteiger partial charge on any atom is -0.507 e. The Kier molecular flexibility index (Phi) is 6.32. The van der Waals surface area contributed by atoms with Gasteiger partial charge < -0.3 is 20.6 Å². The number of alkyl halides is 3. The van der Waals surface area contributed by atoms with Gasteiger partial charge >= 0.3 is 12.1 Å². The molecule has 0 spiro atoms. The normalized spacial score (nSPS) is 17.2. The lowest BCUT2D eigenvalue weighted by atomic mass is 9.78. The zero-order valence-corrected chi connectivity index (χ0v) is 20.7. The molecule has 0 fully saturated rings. The number of carbonyl (C=O) groups is 1. The van der Waals surface area contributed by atoms with Gasteiger partial charge in [-0.25, -0.2) is 19.7 Å². The SMILES string of the molecule is Cc1cc(Nc2cc(C(F)(F)F)ccn2)nc(-c2cnc([C@]3(O)CCCc4c3ccc(C(=O)O)c4O)s2)c1. The number of anilines is 2. The highest BCUT2D eigenvalue weighted by molar-refractivity contribution is 7.15. The number of thiazole rings is 1. The summed E-state index contributed by atoms with van der Waals surface area (Å²) in [6.45, 7) is 1.81. The fourth-order valence-electron chi connectivity index (χ4n) is 4.57. The summed E-state index contributed by atoms with van der Waals surface area (Å²) in [6, 6.07) is 8.01. The number of nitrogens with one attached hydrogen (secondary N) is 1. The van der Waals surface area contributed by atoms with Gasteiger partial charge in [-0.15, -0.1) is 11.3 Å². The Morgan fingerprint density at radius 1 is 1.13 bits per heavy atom. The van der Waals surface area contributed by atoms with Gasteiger partial charge in [-0.1, -0.05) is 6.07 Å². The van der Waals surface area contributed by atoms with Gasteiger partial charge in [0.25, 0.3) is 0 Å². The summed E-state index contributed by atoms with van der Waals surface area (Å²) in [5.41, 5.74) is -0.534. The second-order valence-electron chi connectivity index (χ2n) is 9.00. The third-order valence-electron chi connectivity index (χ3n) is 6.35. The average Bonchev–Trinajstić information content (AvgIpc) is 3.35. The van der Waals surface area contributed by atoms with Crippen LogP contribution in [0, 0.1) is 6.92 Å². The number of aliphatic hydroxyl groups is 1. The molecule has 0 aliphatic heterocycles. The number of nitrogens with zero attached hydrogens (tertiary/aromatic N) is 3. The van der Waals surface area contributed by atoms with Gasteiger partial charge in [-0.05, 0) is 67.6 Å². The number of aromatic hydroxyl groups is 1. The van der Waals surface area contributed by atoms with E-state index < -0.39 is 23.3 Å². The molecule has 1 aliphatic carbocycles. The molecule has 5 rings (SSSR count). The molecule has 1 aliphatic rings. The van der Waals surface area contributed by atoms with Gasteiger partial charge in [-0.2, -0.15) is 13.2 Å². The zero-order valence-electron chi connectivity index (χ0n) is 19.9. The number of halogens is 3. The smallest absolute Gasteiger partial charge is 0.416 e. The molecule has 196 valence electrons. The standard InChI is InChI=1S/C26H21F3N4O4S/c1-13-9-18(32-21(10-13)33-20-11-14(6-8-30-20)26(27,28)29)19-12-31-24(38-19)25(37)7-2-3-15-17(25)5-4-16(22(15)34)23(35)36/h4-6,8-12,34,37H,2-3,7H2,1H3,(H,35,36)(H,30,32,33)/t25-/m0/s1. The van der Waals surface area contributed by atoms with Crippen LogP contribution in [-0.4, -0.2) is 36.2 Å². The second kappa shape index (κ2) is 9.37. The van der Waals surface area contributed by atoms with Gasteiger partial charge in [0, 0.05) is 18.0 Å². The van der Waals surface area contributed by atoms with Gasteiger partial charge in [-0.3, -0.25) is 0 Å². The lowest BCUT2D eigenvalue weighted by molar-refractivity contribution is -0.137. The van der Waals surface area contributed by atoms with E-state index in [0.717, 1.165) is 23.9 Å². The summed E-state index contributed by atoms with van der Waals surface area (Å²) >= 11 is 1.19. The third kappa shape index (κ3) is 4.68. The van der Waals surface area contributed by atoms with E-state index in [9.17, 15) is 33.3 Å². The summed E-state index contributed by atoms with van der Waals surface area (Å²) < 4.78 is 39.2. The number of hydrogen-bond donors (Lipinski definition) is 4. The molecule has 3 heterocycles. The molecular formula is C26H21F3N4O4S. The Labute approximate surface area is 218 Å². The first kappa shape index (κ1) is 25.6. The maximum atomic E-state index is 13.1. The van der Waals surface area contributed by atoms with Crippen molar-refractivity contribution in [2.45, 2.75) is 38.0 Å². The van der Waals surface area contributed by atoms with E-state index >= 15 is 0 Å². The van der Waals surface area contributed by atoms with Crippen LogP contribution < -0.4 is 5.32 Å². The molecule has 8 nitrogen and oxygen atoms in total. The maximum Gasteiger partial charge on any atom is 0.416 e. The molecule has 4 aromatic rings. The van der Waals surface area contributed by atoms with Crippen molar-refractivity contribution >= 4 is 28.9 Å². The predicted octanol–water partition coefficient (Wildman–Crippen LogP) is 5.65. The number of hydrogen-bond acceptors (Lipinski definition) is 8. The molecule has 0 saturated carbocycles. The molecular weight excluding hydrogens is 521 g/mol. The van der Waals surface area contributed by atoms with E-state index in [1.54, 1.807) is 18.3 Å². The largest absolute Gasteiger partial charge is 0.507 e. The molecule has 0 bridgehead atoms. The van der Waals surface area contributed by atoms with Crippen molar-refractivity contribution < 1.29 is 33.3 Å². The quantitative estimate of drug-likeness (QED) is 0.255. The number of phenols is 1. The molecule has 3 aromatic heterocycles. The number of rotatable bonds is 5. The van der Waals surface area contributed by atoms with Crippen LogP contribution in [0.2, 0.25) is 0 Å². The van der Waals surface area contributed by atoms with Crippen LogP contribution in [0.1, 0.15) is 50.5 Å². The van der Waals surface area contributed by atoms with Crippen molar-refractivity contribution in [3.8, 4) is 16.3 Å². The molecule has 0 radical (unpaired) electrons. The van der Waals surface area contributed by atoms with E-state index in [1.165, 1.54) is 23.5 Å². The van der Waals surface area contributed by atoms with Gasteiger partial charge in [0.05, 0.1) is 16.1 Å². The lowest BCUT2D eigenvalue weighted by Crippen LogP contribution is -2.32. The number of aromatic carboxylic acids is 1. The van der Waals surface area contributed by atoms with Crippen molar-refractivity contribution in [2.24, 2.45) is 0 Å². The number of aryl methyl sites for hydroxylation is 1. The summed E-state index contributed by atoms with van der Waals surface area (Å²) in [5, 5.41) is 34.7. The minimum atomic E-state index is -4.51. The van der Waals surface area contributed by atoms with E-state index in [4.69, 9.17) is 0 Å². The summed E-state index contributed by atoms with van der Waals surface area (Å²) in [4.78, 5) is 24.9. The number of benzene rings is 1. The third-order valence-corrected chi connectivity index (χ3v) is 7.52. The first-order chi connectivity index (χ1) is 18.0. The molecule has 0 amide bonds. The Hall–Kier alpha value is -4.03. The summed E-state index contributed by atoms with van der Waals surface area (Å²) in [6.07, 6.45) is -0.638. The highest BCUT2D eigenvalue weighted by Crippen LogP contribution is 2.46. The Bertz CT molecular complexity index is 1560. The van der Waals surface area contributed by atoms with Crippen LogP contribution in [0.15, 0.2) is 48.8 Å². The summed E-state index contributed by atoms with van der Waals surface area (Å²) in [7, 11) is 0. The van der Waals surface area contributed by atoms with Crippen molar-refractivity contribution in [3.63, 3.8) is 0 Å².